The molecular formula is C11H14N2. The first-order valence-corrected chi connectivity index (χ1v) is 4.38. The first kappa shape index (κ1) is 9.76. The molecule has 0 heterocycles. The third-order valence-electron chi connectivity index (χ3n) is 1.97. The molecule has 2 N–H and O–H groups in total. The van der Waals surface area contributed by atoms with Crippen LogP contribution in [0, 0.1) is 18.3 Å². The van der Waals surface area contributed by atoms with Gasteiger partial charge in [0.1, 0.15) is 0 Å². The predicted octanol–water partition coefficient (Wildman–Crippen LogP) is 1.76. The second kappa shape index (κ2) is 4.06. The zero-order chi connectivity index (χ0) is 9.84. The number of hydrogen-bond donors (Lipinski definition) is 1. The number of rotatable bonds is 2. The molecule has 0 unspecified atom stereocenters. The minimum atomic E-state index is 0.173. The van der Waals surface area contributed by atoms with Crippen molar-refractivity contribution in [2.75, 3.05) is 0 Å². The molecule has 0 amide bonds. The van der Waals surface area contributed by atoms with Gasteiger partial charge in [-0.2, -0.15) is 5.26 Å². The van der Waals surface area contributed by atoms with Crippen LogP contribution in [-0.4, -0.2) is 6.04 Å². The highest BCUT2D eigenvalue weighted by Crippen LogP contribution is 2.11. The minimum absolute atomic E-state index is 0.173. The average molecular weight is 174 g/mol. The van der Waals surface area contributed by atoms with Crippen molar-refractivity contribution < 1.29 is 0 Å². The number of aryl methyl sites for hydroxylation is 1. The van der Waals surface area contributed by atoms with Gasteiger partial charge in [0.25, 0.3) is 0 Å². The van der Waals surface area contributed by atoms with Crippen LogP contribution in [0.3, 0.4) is 0 Å². The van der Waals surface area contributed by atoms with Gasteiger partial charge in [0.2, 0.25) is 0 Å². The predicted molar refractivity (Wildman–Crippen MR) is 53.2 cm³/mol. The summed E-state index contributed by atoms with van der Waals surface area (Å²) in [4.78, 5) is 0. The average Bonchev–Trinajstić information content (AvgIpc) is 2.03. The van der Waals surface area contributed by atoms with E-state index in [0.717, 1.165) is 17.5 Å². The third kappa shape index (κ3) is 2.57. The molecule has 1 aromatic rings. The molecule has 0 aromatic heterocycles. The Kier molecular flexibility index (Phi) is 3.05. The zero-order valence-corrected chi connectivity index (χ0v) is 8.04. The van der Waals surface area contributed by atoms with E-state index in [1.54, 1.807) is 0 Å². The standard InChI is InChI=1S/C11H14N2/c1-8-5-10(6-9(2)13)3-4-11(8)7-12/h3-5,9H,6,13H2,1-2H3/t9-/m0/s1. The fraction of sp³-hybridized carbons (Fsp3) is 0.364. The molecule has 1 aromatic carbocycles. The molecule has 0 aliphatic rings. The molecule has 0 aliphatic heterocycles. The van der Waals surface area contributed by atoms with Gasteiger partial charge in [0.05, 0.1) is 11.6 Å². The Bertz CT molecular complexity index is 334. The van der Waals surface area contributed by atoms with Gasteiger partial charge in [-0.3, -0.25) is 0 Å². The Balaban J connectivity index is 2.91. The Morgan fingerprint density at radius 1 is 1.54 bits per heavy atom. The summed E-state index contributed by atoms with van der Waals surface area (Å²) in [5.41, 5.74) is 8.65. The first-order valence-electron chi connectivity index (χ1n) is 4.38. The van der Waals surface area contributed by atoms with E-state index in [9.17, 15) is 0 Å². The SMILES string of the molecule is Cc1cc(C[C@H](C)N)ccc1C#N. The van der Waals surface area contributed by atoms with Gasteiger partial charge in [-0.1, -0.05) is 12.1 Å². The summed E-state index contributed by atoms with van der Waals surface area (Å²) in [6.45, 7) is 3.93. The monoisotopic (exact) mass is 174 g/mol. The van der Waals surface area contributed by atoms with E-state index in [1.165, 1.54) is 5.56 Å². The van der Waals surface area contributed by atoms with Crippen LogP contribution in [0.5, 0.6) is 0 Å². The van der Waals surface area contributed by atoms with Gasteiger partial charge in [-0.25, -0.2) is 0 Å². The molecular weight excluding hydrogens is 160 g/mol. The van der Waals surface area contributed by atoms with Crippen molar-refractivity contribution in [2.45, 2.75) is 26.3 Å². The lowest BCUT2D eigenvalue weighted by atomic mass is 10.0. The fourth-order valence-corrected chi connectivity index (χ4v) is 1.35. The smallest absolute Gasteiger partial charge is 0.0994 e. The van der Waals surface area contributed by atoms with Crippen molar-refractivity contribution in [2.24, 2.45) is 5.73 Å². The Morgan fingerprint density at radius 2 is 2.23 bits per heavy atom. The summed E-state index contributed by atoms with van der Waals surface area (Å²) >= 11 is 0. The van der Waals surface area contributed by atoms with Gasteiger partial charge < -0.3 is 5.73 Å². The van der Waals surface area contributed by atoms with Crippen molar-refractivity contribution in [1.29, 1.82) is 5.26 Å². The molecule has 0 saturated carbocycles. The Morgan fingerprint density at radius 3 is 2.69 bits per heavy atom. The van der Waals surface area contributed by atoms with Crippen LogP contribution in [0.15, 0.2) is 18.2 Å². The third-order valence-corrected chi connectivity index (χ3v) is 1.97. The lowest BCUT2D eigenvalue weighted by Crippen LogP contribution is -2.17. The summed E-state index contributed by atoms with van der Waals surface area (Å²) in [5.74, 6) is 0. The van der Waals surface area contributed by atoms with E-state index < -0.39 is 0 Å². The molecule has 1 atom stereocenters. The van der Waals surface area contributed by atoms with Crippen LogP contribution < -0.4 is 5.73 Å². The fourth-order valence-electron chi connectivity index (χ4n) is 1.35. The summed E-state index contributed by atoms with van der Waals surface area (Å²) < 4.78 is 0. The van der Waals surface area contributed by atoms with Crippen LogP contribution in [0.2, 0.25) is 0 Å². The van der Waals surface area contributed by atoms with Crippen molar-refractivity contribution in [3.8, 4) is 6.07 Å². The number of nitrogens with two attached hydrogens (primary N) is 1. The molecule has 0 bridgehead atoms. The van der Waals surface area contributed by atoms with E-state index in [4.69, 9.17) is 11.0 Å². The quantitative estimate of drug-likeness (QED) is 0.742. The number of nitriles is 1. The highest BCUT2D eigenvalue weighted by Gasteiger charge is 2.01. The van der Waals surface area contributed by atoms with Gasteiger partial charge in [0, 0.05) is 6.04 Å². The van der Waals surface area contributed by atoms with E-state index in [1.807, 2.05) is 32.0 Å². The Labute approximate surface area is 79.0 Å². The largest absolute Gasteiger partial charge is 0.328 e. The van der Waals surface area contributed by atoms with Crippen LogP contribution in [0.25, 0.3) is 0 Å². The lowest BCUT2D eigenvalue weighted by molar-refractivity contribution is 0.737. The number of hydrogen-bond acceptors (Lipinski definition) is 2. The maximum atomic E-state index is 8.72. The molecule has 13 heavy (non-hydrogen) atoms. The molecule has 2 heteroatoms. The Hall–Kier alpha value is -1.33. The van der Waals surface area contributed by atoms with E-state index >= 15 is 0 Å². The lowest BCUT2D eigenvalue weighted by Gasteiger charge is -2.06. The normalized spacial score (nSPS) is 12.2. The van der Waals surface area contributed by atoms with E-state index in [-0.39, 0.29) is 6.04 Å². The first-order chi connectivity index (χ1) is 6.13. The summed E-state index contributed by atoms with van der Waals surface area (Å²) in [6.07, 6.45) is 0.868. The maximum Gasteiger partial charge on any atom is 0.0994 e. The highest BCUT2D eigenvalue weighted by atomic mass is 14.6. The second-order valence-corrected chi connectivity index (χ2v) is 3.44. The molecule has 0 aliphatic carbocycles. The zero-order valence-electron chi connectivity index (χ0n) is 8.04. The van der Waals surface area contributed by atoms with E-state index in [0.29, 0.717) is 0 Å². The molecule has 0 saturated heterocycles. The highest BCUT2D eigenvalue weighted by molar-refractivity contribution is 5.39. The summed E-state index contributed by atoms with van der Waals surface area (Å²) in [6, 6.07) is 8.17. The molecule has 1 rings (SSSR count). The topological polar surface area (TPSA) is 49.8 Å². The second-order valence-electron chi connectivity index (χ2n) is 3.44. The maximum absolute atomic E-state index is 8.72. The van der Waals surface area contributed by atoms with Crippen molar-refractivity contribution >= 4 is 0 Å². The molecule has 0 spiro atoms. The van der Waals surface area contributed by atoms with Gasteiger partial charge in [-0.05, 0) is 37.5 Å². The molecule has 0 radical (unpaired) electrons. The molecule has 68 valence electrons. The van der Waals surface area contributed by atoms with Crippen molar-refractivity contribution in [3.63, 3.8) is 0 Å². The van der Waals surface area contributed by atoms with Crippen LogP contribution in [0.4, 0.5) is 0 Å². The molecule has 0 fully saturated rings. The van der Waals surface area contributed by atoms with Crippen LogP contribution in [0.1, 0.15) is 23.6 Å². The number of benzene rings is 1. The van der Waals surface area contributed by atoms with Crippen molar-refractivity contribution in [3.05, 3.63) is 34.9 Å². The summed E-state index contributed by atoms with van der Waals surface area (Å²) in [5, 5.41) is 8.72. The minimum Gasteiger partial charge on any atom is -0.328 e. The van der Waals surface area contributed by atoms with Gasteiger partial charge >= 0.3 is 0 Å². The van der Waals surface area contributed by atoms with Crippen LogP contribution >= 0.6 is 0 Å². The van der Waals surface area contributed by atoms with Crippen LogP contribution in [-0.2, 0) is 6.42 Å². The van der Waals surface area contributed by atoms with Crippen molar-refractivity contribution in [1.82, 2.24) is 0 Å². The van der Waals surface area contributed by atoms with E-state index in [2.05, 4.69) is 6.07 Å². The molecule has 2 nitrogen and oxygen atoms in total. The number of nitrogens with zero attached hydrogens (tertiary/aromatic N) is 1. The summed E-state index contributed by atoms with van der Waals surface area (Å²) in [7, 11) is 0. The van der Waals surface area contributed by atoms with Gasteiger partial charge in [0.15, 0.2) is 0 Å². The van der Waals surface area contributed by atoms with Gasteiger partial charge in [-0.15, -0.1) is 0 Å².